The molecule has 0 radical (unpaired) electrons. The first-order chi connectivity index (χ1) is 14.0. The molecule has 9 heteroatoms. The quantitative estimate of drug-likeness (QED) is 0.759. The van der Waals surface area contributed by atoms with Crippen LogP contribution in [0.25, 0.3) is 5.65 Å². The molecule has 0 bridgehead atoms. The second kappa shape index (κ2) is 7.37. The summed E-state index contributed by atoms with van der Waals surface area (Å²) >= 11 is 0. The molecule has 2 aliphatic heterocycles. The van der Waals surface area contributed by atoms with Crippen molar-refractivity contribution in [2.45, 2.75) is 24.5 Å². The van der Waals surface area contributed by atoms with Crippen LogP contribution >= 0.6 is 0 Å². The first-order valence-corrected chi connectivity index (χ1v) is 11.8. The fourth-order valence-corrected chi connectivity index (χ4v) is 6.91. The molecule has 0 spiro atoms. The fourth-order valence-electron chi connectivity index (χ4n) is 4.94. The molecule has 3 atom stereocenters. The van der Waals surface area contributed by atoms with Gasteiger partial charge in [-0.3, -0.25) is 4.79 Å². The molecular formula is C20H26N4O4S. The minimum atomic E-state index is -3.19. The maximum Gasteiger partial charge on any atom is 0.252 e. The molecule has 156 valence electrons. The molecule has 3 fully saturated rings. The van der Waals surface area contributed by atoms with Crippen molar-refractivity contribution in [2.75, 3.05) is 32.8 Å². The largest absolute Gasteiger partial charge is 0.381 e. The van der Waals surface area contributed by atoms with Gasteiger partial charge in [-0.2, -0.15) is 0 Å². The van der Waals surface area contributed by atoms with Crippen LogP contribution in [-0.2, 0) is 14.8 Å². The summed E-state index contributed by atoms with van der Waals surface area (Å²) in [6.45, 7) is 2.98. The zero-order valence-corrected chi connectivity index (χ0v) is 17.1. The molecule has 2 aromatic heterocycles. The lowest BCUT2D eigenvalue weighted by molar-refractivity contribution is 0.0951. The molecule has 0 aromatic carbocycles. The Bertz CT molecular complexity index is 1000. The van der Waals surface area contributed by atoms with Gasteiger partial charge in [-0.1, -0.05) is 0 Å². The van der Waals surface area contributed by atoms with Crippen LogP contribution in [0.2, 0.25) is 0 Å². The van der Waals surface area contributed by atoms with Crippen LogP contribution in [-0.4, -0.2) is 66.1 Å². The van der Waals surface area contributed by atoms with E-state index in [9.17, 15) is 13.2 Å². The van der Waals surface area contributed by atoms with Crippen LogP contribution in [0.3, 0.4) is 0 Å². The van der Waals surface area contributed by atoms with Crippen molar-refractivity contribution < 1.29 is 17.9 Å². The van der Waals surface area contributed by atoms with E-state index >= 15 is 0 Å². The van der Waals surface area contributed by atoms with Crippen LogP contribution < -0.4 is 5.32 Å². The number of piperidine rings is 1. The highest BCUT2D eigenvalue weighted by molar-refractivity contribution is 7.89. The zero-order chi connectivity index (χ0) is 20.0. The van der Waals surface area contributed by atoms with Crippen LogP contribution in [0.5, 0.6) is 0 Å². The first-order valence-electron chi connectivity index (χ1n) is 10.3. The monoisotopic (exact) mass is 418 g/mol. The maximum absolute atomic E-state index is 12.8. The molecule has 2 saturated heterocycles. The SMILES string of the molecule is O=C(NCCC1[C@H]2CN(S(=O)(=O)C3CCOCC3)C[C@@H]12)c1ccc2nccn2c1. The Hall–Kier alpha value is -1.97. The van der Waals surface area contributed by atoms with Crippen molar-refractivity contribution in [1.82, 2.24) is 19.0 Å². The molecule has 3 aliphatic rings. The number of imidazole rings is 1. The van der Waals surface area contributed by atoms with Crippen molar-refractivity contribution in [2.24, 2.45) is 17.8 Å². The Morgan fingerprint density at radius 2 is 1.97 bits per heavy atom. The van der Waals surface area contributed by atoms with E-state index in [1.807, 2.05) is 16.7 Å². The van der Waals surface area contributed by atoms with Crippen LogP contribution in [0.15, 0.2) is 30.7 Å². The van der Waals surface area contributed by atoms with Gasteiger partial charge in [0.05, 0.1) is 10.8 Å². The van der Waals surface area contributed by atoms with E-state index in [0.717, 1.165) is 12.1 Å². The van der Waals surface area contributed by atoms with E-state index in [4.69, 9.17) is 4.74 Å². The van der Waals surface area contributed by atoms with Gasteiger partial charge in [0.25, 0.3) is 5.91 Å². The molecule has 2 aromatic rings. The number of nitrogens with one attached hydrogen (secondary N) is 1. The summed E-state index contributed by atoms with van der Waals surface area (Å²) < 4.78 is 34.4. The van der Waals surface area contributed by atoms with E-state index in [0.29, 0.717) is 69.0 Å². The lowest BCUT2D eigenvalue weighted by Gasteiger charge is -2.28. The Labute approximate surface area is 170 Å². The summed E-state index contributed by atoms with van der Waals surface area (Å²) in [6, 6.07) is 3.61. The lowest BCUT2D eigenvalue weighted by Crippen LogP contribution is -2.41. The average Bonchev–Trinajstić information content (AvgIpc) is 3.10. The Morgan fingerprint density at radius 3 is 2.72 bits per heavy atom. The number of sulfonamides is 1. The summed E-state index contributed by atoms with van der Waals surface area (Å²) in [6.07, 6.45) is 7.41. The Balaban J connectivity index is 1.09. The molecule has 4 heterocycles. The molecule has 1 aliphatic carbocycles. The van der Waals surface area contributed by atoms with Crippen LogP contribution in [0.1, 0.15) is 29.6 Å². The molecule has 5 rings (SSSR count). The second-order valence-corrected chi connectivity index (χ2v) is 10.5. The lowest BCUT2D eigenvalue weighted by atomic mass is 10.2. The topological polar surface area (TPSA) is 93.0 Å². The van der Waals surface area contributed by atoms with E-state index in [2.05, 4.69) is 10.3 Å². The van der Waals surface area contributed by atoms with Crippen molar-refractivity contribution in [1.29, 1.82) is 0 Å². The van der Waals surface area contributed by atoms with Gasteiger partial charge >= 0.3 is 0 Å². The molecule has 29 heavy (non-hydrogen) atoms. The van der Waals surface area contributed by atoms with Crippen molar-refractivity contribution in [3.63, 3.8) is 0 Å². The molecule has 8 nitrogen and oxygen atoms in total. The number of hydrogen-bond acceptors (Lipinski definition) is 5. The number of ether oxygens (including phenoxy) is 1. The van der Waals surface area contributed by atoms with Gasteiger partial charge < -0.3 is 14.5 Å². The maximum atomic E-state index is 12.8. The zero-order valence-electron chi connectivity index (χ0n) is 16.2. The average molecular weight is 419 g/mol. The molecule has 1 N–H and O–H groups in total. The molecular weight excluding hydrogens is 392 g/mol. The van der Waals surface area contributed by atoms with E-state index in [-0.39, 0.29) is 11.2 Å². The number of fused-ring (bicyclic) bond motifs is 2. The third-order valence-corrected chi connectivity index (χ3v) is 9.03. The first kappa shape index (κ1) is 19.0. The van der Waals surface area contributed by atoms with Gasteiger partial charge in [-0.15, -0.1) is 0 Å². The number of rotatable bonds is 6. The summed E-state index contributed by atoms with van der Waals surface area (Å²) in [5.74, 6) is 1.33. The second-order valence-electron chi connectivity index (χ2n) is 8.32. The molecule has 1 unspecified atom stereocenters. The van der Waals surface area contributed by atoms with Gasteiger partial charge in [0.2, 0.25) is 10.0 Å². The van der Waals surface area contributed by atoms with Gasteiger partial charge in [-0.25, -0.2) is 17.7 Å². The summed E-state index contributed by atoms with van der Waals surface area (Å²) in [4.78, 5) is 16.6. The number of pyridine rings is 1. The highest BCUT2D eigenvalue weighted by Crippen LogP contribution is 2.54. The van der Waals surface area contributed by atoms with Crippen molar-refractivity contribution >= 4 is 21.6 Å². The normalized spacial score (nSPS) is 27.8. The van der Waals surface area contributed by atoms with Gasteiger partial charge in [0.1, 0.15) is 5.65 Å². The third-order valence-electron chi connectivity index (χ3n) is 6.70. The summed E-state index contributed by atoms with van der Waals surface area (Å²) in [5, 5.41) is 2.71. The Kier molecular flexibility index (Phi) is 4.84. The third kappa shape index (κ3) is 3.55. The highest BCUT2D eigenvalue weighted by Gasteiger charge is 2.57. The highest BCUT2D eigenvalue weighted by atomic mass is 32.2. The van der Waals surface area contributed by atoms with Crippen LogP contribution in [0.4, 0.5) is 0 Å². The number of hydrogen-bond donors (Lipinski definition) is 1. The van der Waals surface area contributed by atoms with Gasteiger partial charge in [-0.05, 0) is 49.1 Å². The van der Waals surface area contributed by atoms with Crippen molar-refractivity contribution in [3.05, 3.63) is 36.3 Å². The summed E-state index contributed by atoms with van der Waals surface area (Å²) in [5.41, 5.74) is 1.42. The van der Waals surface area contributed by atoms with Gasteiger partial charge in [0, 0.05) is 51.4 Å². The van der Waals surface area contributed by atoms with E-state index in [1.54, 1.807) is 22.8 Å². The van der Waals surface area contributed by atoms with E-state index < -0.39 is 10.0 Å². The minimum absolute atomic E-state index is 0.0878. The fraction of sp³-hybridized carbons (Fsp3) is 0.600. The van der Waals surface area contributed by atoms with Crippen LogP contribution in [0, 0.1) is 17.8 Å². The Morgan fingerprint density at radius 1 is 1.21 bits per heavy atom. The van der Waals surface area contributed by atoms with Gasteiger partial charge in [0.15, 0.2) is 0 Å². The standard InChI is InChI=1S/C20H26N4O4S/c25-20(14-1-2-19-21-7-8-23(19)11-14)22-6-3-16-17-12-24(13-18(16)17)29(26,27)15-4-9-28-10-5-15/h1-2,7-8,11,15-18H,3-6,9-10,12-13H2,(H,22,25)/t16?,17-,18+. The minimum Gasteiger partial charge on any atom is -0.381 e. The molecule has 1 saturated carbocycles. The number of nitrogens with zero attached hydrogens (tertiary/aromatic N) is 3. The number of carbonyl (C=O) groups excluding carboxylic acids is 1. The van der Waals surface area contributed by atoms with E-state index in [1.165, 1.54) is 0 Å². The molecule has 1 amide bonds. The van der Waals surface area contributed by atoms with Crippen molar-refractivity contribution in [3.8, 4) is 0 Å². The number of amides is 1. The number of carbonyl (C=O) groups is 1. The predicted octanol–water partition coefficient (Wildman–Crippen LogP) is 1.14. The number of aromatic nitrogens is 2. The predicted molar refractivity (Wildman–Crippen MR) is 107 cm³/mol. The smallest absolute Gasteiger partial charge is 0.252 e. The summed E-state index contributed by atoms with van der Waals surface area (Å²) in [7, 11) is -3.19.